The molecule has 3 fully saturated rings. The fourth-order valence-corrected chi connectivity index (χ4v) is 4.85. The molecule has 0 aliphatic carbocycles. The molecule has 3 unspecified atom stereocenters. The molecule has 2 N–H and O–H groups in total. The van der Waals surface area contributed by atoms with E-state index in [1.54, 1.807) is 0 Å². The molecule has 2 bridgehead atoms. The van der Waals surface area contributed by atoms with Gasteiger partial charge in [-0.25, -0.2) is 0 Å². The molecule has 0 spiro atoms. The van der Waals surface area contributed by atoms with Crippen molar-refractivity contribution in [2.45, 2.75) is 89.3 Å². The second-order valence-electron chi connectivity index (χ2n) is 8.02. The van der Waals surface area contributed by atoms with Gasteiger partial charge in [0.05, 0.1) is 0 Å². The number of carbonyl (C=O) groups is 1. The summed E-state index contributed by atoms with van der Waals surface area (Å²) in [6, 6.07) is 1.95. The molecule has 132 valence electrons. The highest BCUT2D eigenvalue weighted by atomic mass is 16.1. The van der Waals surface area contributed by atoms with Crippen LogP contribution in [0.15, 0.2) is 0 Å². The van der Waals surface area contributed by atoms with Gasteiger partial charge in [-0.15, -0.1) is 0 Å². The third-order valence-electron chi connectivity index (χ3n) is 6.13. The molecule has 23 heavy (non-hydrogen) atoms. The number of carbonyl (C=O) groups excluding carboxylic acids is 1. The summed E-state index contributed by atoms with van der Waals surface area (Å²) in [4.78, 5) is 15.0. The maximum atomic E-state index is 12.4. The second-order valence-corrected chi connectivity index (χ2v) is 8.02. The summed E-state index contributed by atoms with van der Waals surface area (Å²) in [6.45, 7) is 5.54. The van der Waals surface area contributed by atoms with E-state index in [4.69, 9.17) is 0 Å². The maximum Gasteiger partial charge on any atom is 0.220 e. The molecule has 4 nitrogen and oxygen atoms in total. The van der Waals surface area contributed by atoms with E-state index in [1.165, 1.54) is 70.9 Å². The fraction of sp³-hybridized carbons (Fsp3) is 0.947. The molecule has 3 aliphatic rings. The molecule has 0 saturated carbocycles. The van der Waals surface area contributed by atoms with Crippen LogP contribution in [0, 0.1) is 5.92 Å². The minimum Gasteiger partial charge on any atom is -0.355 e. The van der Waals surface area contributed by atoms with Crippen LogP contribution in [0.1, 0.15) is 71.1 Å². The number of hydrogen-bond donors (Lipinski definition) is 2. The monoisotopic (exact) mass is 321 g/mol. The minimum absolute atomic E-state index is 0.289. The average molecular weight is 322 g/mol. The molecular formula is C19H35N3O. The van der Waals surface area contributed by atoms with Gasteiger partial charge in [-0.3, -0.25) is 9.69 Å². The lowest BCUT2D eigenvalue weighted by molar-refractivity contribution is -0.122. The summed E-state index contributed by atoms with van der Waals surface area (Å²) in [7, 11) is 0. The Morgan fingerprint density at radius 2 is 1.96 bits per heavy atom. The SMILES string of the molecule is CCCCN1CCCCC1CNC(=O)CC1CC2CCC(C1)N2. The Kier molecular flexibility index (Phi) is 6.35. The number of fused-ring (bicyclic) bond motifs is 2. The van der Waals surface area contributed by atoms with Gasteiger partial charge in [-0.1, -0.05) is 19.8 Å². The lowest BCUT2D eigenvalue weighted by atomic mass is 9.89. The molecule has 3 heterocycles. The predicted octanol–water partition coefficient (Wildman–Crippen LogP) is 2.68. The molecule has 3 aliphatic heterocycles. The van der Waals surface area contributed by atoms with Crippen molar-refractivity contribution >= 4 is 5.91 Å². The van der Waals surface area contributed by atoms with Crippen molar-refractivity contribution in [3.63, 3.8) is 0 Å². The standard InChI is InChI=1S/C19H35N3O/c1-2-3-9-22-10-5-4-6-18(22)14-20-19(23)13-15-11-16-7-8-17(12-15)21-16/h15-18,21H,2-14H2,1H3,(H,20,23). The minimum atomic E-state index is 0.289. The van der Waals surface area contributed by atoms with Crippen molar-refractivity contribution in [2.24, 2.45) is 5.92 Å². The Hall–Kier alpha value is -0.610. The van der Waals surface area contributed by atoms with Crippen LogP contribution in [0.3, 0.4) is 0 Å². The second kappa shape index (κ2) is 8.48. The van der Waals surface area contributed by atoms with Crippen molar-refractivity contribution in [2.75, 3.05) is 19.6 Å². The van der Waals surface area contributed by atoms with E-state index in [-0.39, 0.29) is 5.91 Å². The number of piperidine rings is 2. The Balaban J connectivity index is 1.39. The Bertz CT molecular complexity index is 375. The van der Waals surface area contributed by atoms with E-state index in [0.717, 1.165) is 13.0 Å². The number of hydrogen-bond acceptors (Lipinski definition) is 3. The zero-order valence-electron chi connectivity index (χ0n) is 14.9. The highest BCUT2D eigenvalue weighted by molar-refractivity contribution is 5.76. The van der Waals surface area contributed by atoms with Crippen LogP contribution >= 0.6 is 0 Å². The van der Waals surface area contributed by atoms with Crippen LogP contribution in [-0.4, -0.2) is 48.6 Å². The predicted molar refractivity (Wildman–Crippen MR) is 94.4 cm³/mol. The van der Waals surface area contributed by atoms with Gasteiger partial charge >= 0.3 is 0 Å². The Morgan fingerprint density at radius 3 is 2.70 bits per heavy atom. The summed E-state index contributed by atoms with van der Waals surface area (Å²) in [5.41, 5.74) is 0. The van der Waals surface area contributed by atoms with Gasteiger partial charge < -0.3 is 10.6 Å². The lowest BCUT2D eigenvalue weighted by Gasteiger charge is -2.36. The topological polar surface area (TPSA) is 44.4 Å². The molecule has 3 atom stereocenters. The first-order valence-corrected chi connectivity index (χ1v) is 10.0. The Morgan fingerprint density at radius 1 is 1.17 bits per heavy atom. The zero-order chi connectivity index (χ0) is 16.1. The van der Waals surface area contributed by atoms with Crippen molar-refractivity contribution in [3.05, 3.63) is 0 Å². The van der Waals surface area contributed by atoms with Crippen LogP contribution in [0.2, 0.25) is 0 Å². The van der Waals surface area contributed by atoms with E-state index < -0.39 is 0 Å². The maximum absolute atomic E-state index is 12.4. The number of nitrogens with zero attached hydrogens (tertiary/aromatic N) is 1. The van der Waals surface area contributed by atoms with Gasteiger partial charge in [0.25, 0.3) is 0 Å². The first-order chi connectivity index (χ1) is 11.2. The fourth-order valence-electron chi connectivity index (χ4n) is 4.85. The summed E-state index contributed by atoms with van der Waals surface area (Å²) in [6.07, 6.45) is 12.2. The zero-order valence-corrected chi connectivity index (χ0v) is 14.9. The van der Waals surface area contributed by atoms with Crippen molar-refractivity contribution in [1.82, 2.24) is 15.5 Å². The summed E-state index contributed by atoms with van der Waals surface area (Å²) in [5, 5.41) is 6.92. The van der Waals surface area contributed by atoms with Crippen LogP contribution in [0.4, 0.5) is 0 Å². The van der Waals surface area contributed by atoms with Gasteiger partial charge in [0.15, 0.2) is 0 Å². The van der Waals surface area contributed by atoms with Gasteiger partial charge in [-0.05, 0) is 64.0 Å². The third-order valence-corrected chi connectivity index (χ3v) is 6.13. The summed E-state index contributed by atoms with van der Waals surface area (Å²) < 4.78 is 0. The molecule has 0 aromatic heterocycles. The lowest BCUT2D eigenvalue weighted by Crippen LogP contribution is -2.47. The summed E-state index contributed by atoms with van der Waals surface area (Å²) in [5.74, 6) is 0.897. The normalized spacial score (nSPS) is 34.5. The van der Waals surface area contributed by atoms with Crippen LogP contribution in [0.25, 0.3) is 0 Å². The average Bonchev–Trinajstić information content (AvgIpc) is 2.90. The van der Waals surface area contributed by atoms with Gasteiger partial charge in [-0.2, -0.15) is 0 Å². The first kappa shape index (κ1) is 17.2. The molecule has 4 heteroatoms. The quantitative estimate of drug-likeness (QED) is 0.758. The van der Waals surface area contributed by atoms with Crippen molar-refractivity contribution < 1.29 is 4.79 Å². The highest BCUT2D eigenvalue weighted by Gasteiger charge is 2.34. The molecule has 0 aromatic carbocycles. The van der Waals surface area contributed by atoms with Gasteiger partial charge in [0.2, 0.25) is 5.91 Å². The number of unbranched alkanes of at least 4 members (excludes halogenated alkanes) is 1. The number of likely N-dealkylation sites (tertiary alicyclic amines) is 1. The number of rotatable bonds is 7. The van der Waals surface area contributed by atoms with Crippen molar-refractivity contribution in [1.29, 1.82) is 0 Å². The van der Waals surface area contributed by atoms with E-state index in [2.05, 4.69) is 22.5 Å². The van der Waals surface area contributed by atoms with E-state index in [1.807, 2.05) is 0 Å². The van der Waals surface area contributed by atoms with E-state index in [9.17, 15) is 4.79 Å². The molecule has 0 radical (unpaired) electrons. The Labute approximate surface area is 141 Å². The molecule has 3 rings (SSSR count). The molecule has 0 aromatic rings. The molecule has 3 saturated heterocycles. The third kappa shape index (κ3) is 4.93. The highest BCUT2D eigenvalue weighted by Crippen LogP contribution is 2.32. The van der Waals surface area contributed by atoms with E-state index in [0.29, 0.717) is 24.0 Å². The summed E-state index contributed by atoms with van der Waals surface area (Å²) >= 11 is 0. The molecule has 1 amide bonds. The number of nitrogens with one attached hydrogen (secondary N) is 2. The molecular weight excluding hydrogens is 286 g/mol. The first-order valence-electron chi connectivity index (χ1n) is 10.0. The van der Waals surface area contributed by atoms with Crippen LogP contribution in [-0.2, 0) is 4.79 Å². The number of amides is 1. The van der Waals surface area contributed by atoms with Crippen LogP contribution < -0.4 is 10.6 Å². The van der Waals surface area contributed by atoms with Crippen molar-refractivity contribution in [3.8, 4) is 0 Å². The van der Waals surface area contributed by atoms with Crippen LogP contribution in [0.5, 0.6) is 0 Å². The van der Waals surface area contributed by atoms with Gasteiger partial charge in [0, 0.05) is 31.1 Å². The largest absolute Gasteiger partial charge is 0.355 e. The van der Waals surface area contributed by atoms with Gasteiger partial charge in [0.1, 0.15) is 0 Å². The smallest absolute Gasteiger partial charge is 0.220 e. The van der Waals surface area contributed by atoms with E-state index >= 15 is 0 Å².